The predicted octanol–water partition coefficient (Wildman–Crippen LogP) is 5.05. The van der Waals surface area contributed by atoms with Crippen molar-refractivity contribution in [3.05, 3.63) is 88.3 Å². The van der Waals surface area contributed by atoms with Gasteiger partial charge in [0.25, 0.3) is 0 Å². The minimum absolute atomic E-state index is 0.117. The molecule has 3 aromatic rings. The lowest BCUT2D eigenvalue weighted by atomic mass is 9.97. The number of cyclic esters (lactones) is 1. The van der Waals surface area contributed by atoms with Crippen LogP contribution in [0, 0.1) is 0 Å². The highest BCUT2D eigenvalue weighted by atomic mass is 16.6. The van der Waals surface area contributed by atoms with Crippen molar-refractivity contribution < 1.29 is 19.1 Å². The standard InChI is InChI=1S/C25H24N4O4/c1-32-23-14-12-18(20-9-5-6-10-21(20)23)11-13-22(27-28-26)24(30)29-19(16-33-25(29)31)15-17-7-3-2-4-8-17/h2-10,12,14,19,22H,11,13,15-16H2,1H3/t19-,22-/m0/s1. The van der Waals surface area contributed by atoms with E-state index in [1.165, 1.54) is 0 Å². The number of aryl methyl sites for hydroxylation is 1. The van der Waals surface area contributed by atoms with Gasteiger partial charge in [0.15, 0.2) is 0 Å². The van der Waals surface area contributed by atoms with Crippen molar-refractivity contribution in [1.29, 1.82) is 0 Å². The zero-order chi connectivity index (χ0) is 23.2. The van der Waals surface area contributed by atoms with E-state index in [0.717, 1.165) is 32.5 Å². The maximum atomic E-state index is 13.3. The fourth-order valence-corrected chi connectivity index (χ4v) is 4.24. The summed E-state index contributed by atoms with van der Waals surface area (Å²) in [6.45, 7) is 0.117. The van der Waals surface area contributed by atoms with Crippen LogP contribution in [-0.2, 0) is 22.4 Å². The van der Waals surface area contributed by atoms with Crippen molar-refractivity contribution in [3.63, 3.8) is 0 Å². The average molecular weight is 444 g/mol. The Morgan fingerprint density at radius 3 is 2.61 bits per heavy atom. The fourth-order valence-electron chi connectivity index (χ4n) is 4.24. The van der Waals surface area contributed by atoms with Crippen molar-refractivity contribution in [2.75, 3.05) is 13.7 Å². The third-order valence-electron chi connectivity index (χ3n) is 5.87. The fraction of sp³-hybridized carbons (Fsp3) is 0.280. The van der Waals surface area contributed by atoms with Crippen molar-refractivity contribution in [3.8, 4) is 5.75 Å². The number of carbonyl (C=O) groups is 2. The molecule has 0 N–H and O–H groups in total. The molecule has 2 amide bonds. The molecule has 0 unspecified atom stereocenters. The van der Waals surface area contributed by atoms with E-state index in [4.69, 9.17) is 15.0 Å². The first kappa shape index (κ1) is 22.2. The van der Waals surface area contributed by atoms with Gasteiger partial charge in [-0.05, 0) is 47.4 Å². The van der Waals surface area contributed by atoms with Gasteiger partial charge < -0.3 is 9.47 Å². The number of carbonyl (C=O) groups excluding carboxylic acids is 2. The zero-order valence-electron chi connectivity index (χ0n) is 18.3. The van der Waals surface area contributed by atoms with Gasteiger partial charge in [-0.3, -0.25) is 4.79 Å². The van der Waals surface area contributed by atoms with Gasteiger partial charge in [0, 0.05) is 10.3 Å². The van der Waals surface area contributed by atoms with E-state index in [-0.39, 0.29) is 13.0 Å². The van der Waals surface area contributed by atoms with E-state index in [0.29, 0.717) is 12.8 Å². The van der Waals surface area contributed by atoms with Crippen LogP contribution in [0.4, 0.5) is 4.79 Å². The van der Waals surface area contributed by atoms with Crippen LogP contribution in [0.5, 0.6) is 5.75 Å². The summed E-state index contributed by atoms with van der Waals surface area (Å²) in [5.74, 6) is 0.231. The monoisotopic (exact) mass is 444 g/mol. The summed E-state index contributed by atoms with van der Waals surface area (Å²) in [6, 6.07) is 19.8. The molecule has 4 rings (SSSR count). The molecule has 8 nitrogen and oxygen atoms in total. The molecule has 168 valence electrons. The van der Waals surface area contributed by atoms with Gasteiger partial charge in [0.05, 0.1) is 13.2 Å². The Morgan fingerprint density at radius 1 is 1.15 bits per heavy atom. The molecular formula is C25H24N4O4. The Morgan fingerprint density at radius 2 is 1.88 bits per heavy atom. The highest BCUT2D eigenvalue weighted by Gasteiger charge is 2.40. The summed E-state index contributed by atoms with van der Waals surface area (Å²) in [5, 5.41) is 5.70. The second-order valence-corrected chi connectivity index (χ2v) is 7.86. The predicted molar refractivity (Wildman–Crippen MR) is 124 cm³/mol. The number of nitrogens with zero attached hydrogens (tertiary/aromatic N) is 4. The van der Waals surface area contributed by atoms with Crippen molar-refractivity contribution in [1.82, 2.24) is 4.90 Å². The van der Waals surface area contributed by atoms with Crippen LogP contribution < -0.4 is 4.74 Å². The summed E-state index contributed by atoms with van der Waals surface area (Å²) >= 11 is 0. The van der Waals surface area contributed by atoms with Gasteiger partial charge in [-0.25, -0.2) is 9.69 Å². The Labute approximate surface area is 191 Å². The van der Waals surface area contributed by atoms with E-state index < -0.39 is 24.1 Å². The van der Waals surface area contributed by atoms with Crippen molar-refractivity contribution in [2.45, 2.75) is 31.3 Å². The van der Waals surface area contributed by atoms with E-state index in [1.54, 1.807) is 7.11 Å². The first-order valence-corrected chi connectivity index (χ1v) is 10.7. The third kappa shape index (κ3) is 4.76. The Bertz CT molecular complexity index is 1210. The van der Waals surface area contributed by atoms with Crippen LogP contribution >= 0.6 is 0 Å². The topological polar surface area (TPSA) is 105 Å². The summed E-state index contributed by atoms with van der Waals surface area (Å²) in [6.07, 6.45) is 0.534. The largest absolute Gasteiger partial charge is 0.496 e. The number of methoxy groups -OCH3 is 1. The molecule has 1 aliphatic heterocycles. The SMILES string of the molecule is COc1ccc(CC[C@H](N=[N+]=[N-])C(=O)N2C(=O)OC[C@@H]2Cc2ccccc2)c2ccccc12. The molecule has 0 bridgehead atoms. The second-order valence-electron chi connectivity index (χ2n) is 7.86. The number of hydrogen-bond acceptors (Lipinski definition) is 5. The Kier molecular flexibility index (Phi) is 6.76. The molecule has 33 heavy (non-hydrogen) atoms. The lowest BCUT2D eigenvalue weighted by Crippen LogP contribution is -2.45. The molecule has 0 aromatic heterocycles. The van der Waals surface area contributed by atoms with Crippen LogP contribution in [-0.4, -0.2) is 42.7 Å². The van der Waals surface area contributed by atoms with Gasteiger partial charge in [-0.2, -0.15) is 0 Å². The van der Waals surface area contributed by atoms with Gasteiger partial charge in [-0.15, -0.1) is 0 Å². The number of ether oxygens (including phenoxy) is 2. The molecule has 0 spiro atoms. The molecule has 0 aliphatic carbocycles. The lowest BCUT2D eigenvalue weighted by Gasteiger charge is -2.23. The zero-order valence-corrected chi connectivity index (χ0v) is 18.3. The minimum atomic E-state index is -1.01. The minimum Gasteiger partial charge on any atom is -0.496 e. The number of imide groups is 1. The number of rotatable bonds is 8. The van der Waals surface area contributed by atoms with E-state index >= 15 is 0 Å². The number of hydrogen-bond donors (Lipinski definition) is 0. The molecule has 1 fully saturated rings. The van der Waals surface area contributed by atoms with Gasteiger partial charge in [0.2, 0.25) is 5.91 Å². The average Bonchev–Trinajstić information content (AvgIpc) is 3.21. The highest BCUT2D eigenvalue weighted by molar-refractivity contribution is 5.96. The summed E-state index contributed by atoms with van der Waals surface area (Å²) in [5.41, 5.74) is 11.1. The number of amides is 2. The first-order chi connectivity index (χ1) is 16.1. The number of fused-ring (bicyclic) bond motifs is 1. The molecular weight excluding hydrogens is 420 g/mol. The summed E-state index contributed by atoms with van der Waals surface area (Å²) < 4.78 is 10.6. The van der Waals surface area contributed by atoms with Crippen LogP contribution in [0.15, 0.2) is 71.8 Å². The molecule has 8 heteroatoms. The van der Waals surface area contributed by atoms with Crippen molar-refractivity contribution in [2.24, 2.45) is 5.11 Å². The summed E-state index contributed by atoms with van der Waals surface area (Å²) in [7, 11) is 1.62. The Hall–Kier alpha value is -4.03. The van der Waals surface area contributed by atoms with E-state index in [9.17, 15) is 9.59 Å². The molecule has 0 saturated carbocycles. The van der Waals surface area contributed by atoms with Crippen LogP contribution in [0.25, 0.3) is 21.2 Å². The van der Waals surface area contributed by atoms with Crippen LogP contribution in [0.1, 0.15) is 17.5 Å². The first-order valence-electron chi connectivity index (χ1n) is 10.7. The lowest BCUT2D eigenvalue weighted by molar-refractivity contribution is -0.130. The Balaban J connectivity index is 1.53. The van der Waals surface area contributed by atoms with Crippen molar-refractivity contribution >= 4 is 22.8 Å². The van der Waals surface area contributed by atoms with Gasteiger partial charge >= 0.3 is 6.09 Å². The molecule has 1 aliphatic rings. The molecule has 3 aromatic carbocycles. The van der Waals surface area contributed by atoms with Crippen LogP contribution in [0.2, 0.25) is 0 Å². The van der Waals surface area contributed by atoms with Gasteiger partial charge in [-0.1, -0.05) is 65.8 Å². The molecule has 1 saturated heterocycles. The normalized spacial score (nSPS) is 16.2. The molecule has 1 heterocycles. The smallest absolute Gasteiger partial charge is 0.416 e. The summed E-state index contributed by atoms with van der Waals surface area (Å²) in [4.78, 5) is 29.6. The molecule has 2 atom stereocenters. The van der Waals surface area contributed by atoms with E-state index in [2.05, 4.69) is 10.0 Å². The second kappa shape index (κ2) is 10.1. The molecule has 0 radical (unpaired) electrons. The van der Waals surface area contributed by atoms with Crippen LogP contribution in [0.3, 0.4) is 0 Å². The quantitative estimate of drug-likeness (QED) is 0.275. The van der Waals surface area contributed by atoms with Gasteiger partial charge in [0.1, 0.15) is 18.4 Å². The van der Waals surface area contributed by atoms with E-state index in [1.807, 2.05) is 66.7 Å². The maximum Gasteiger partial charge on any atom is 0.416 e. The maximum absolute atomic E-state index is 13.3. The highest BCUT2D eigenvalue weighted by Crippen LogP contribution is 2.30. The number of benzene rings is 3. The third-order valence-corrected chi connectivity index (χ3v) is 5.87. The number of azide groups is 1.